The Bertz CT molecular complexity index is 385. The second-order valence-corrected chi connectivity index (χ2v) is 4.27. The number of hydrogen-bond acceptors (Lipinski definition) is 1. The fraction of sp³-hybridized carbons (Fsp3) is 0.273. The molecule has 1 aliphatic rings. The molecular weight excluding hydrogens is 219 g/mol. The quantitative estimate of drug-likeness (QED) is 0.780. The third-order valence-electron chi connectivity index (χ3n) is 2.38. The number of aliphatic hydroxyl groups is 1. The first-order chi connectivity index (χ1) is 6.66. The Balaban J connectivity index is 2.41. The summed E-state index contributed by atoms with van der Waals surface area (Å²) >= 11 is 11.9. The monoisotopic (exact) mass is 228 g/mol. The third kappa shape index (κ3) is 1.95. The second-order valence-electron chi connectivity index (χ2n) is 3.42. The molecular formula is C11H10Cl2O. The Morgan fingerprint density at radius 1 is 1.29 bits per heavy atom. The van der Waals surface area contributed by atoms with Crippen molar-refractivity contribution in [1.82, 2.24) is 0 Å². The van der Waals surface area contributed by atoms with Crippen molar-refractivity contribution in [1.29, 1.82) is 0 Å². The maximum Gasteiger partial charge on any atom is 0.0730 e. The van der Waals surface area contributed by atoms with Gasteiger partial charge in [-0.25, -0.2) is 0 Å². The average Bonchev–Trinajstić information content (AvgIpc) is 2.56. The van der Waals surface area contributed by atoms with Crippen molar-refractivity contribution in [3.63, 3.8) is 0 Å². The molecule has 2 rings (SSSR count). The molecule has 1 unspecified atom stereocenters. The molecule has 1 atom stereocenters. The minimum Gasteiger partial charge on any atom is -0.389 e. The van der Waals surface area contributed by atoms with Crippen LogP contribution in [0.25, 0.3) is 5.57 Å². The molecule has 74 valence electrons. The highest BCUT2D eigenvalue weighted by Crippen LogP contribution is 2.33. The maximum absolute atomic E-state index is 9.37. The van der Waals surface area contributed by atoms with E-state index in [2.05, 4.69) is 0 Å². The lowest BCUT2D eigenvalue weighted by atomic mass is 10.1. The van der Waals surface area contributed by atoms with Crippen molar-refractivity contribution in [2.45, 2.75) is 18.9 Å². The molecule has 0 radical (unpaired) electrons. The molecule has 14 heavy (non-hydrogen) atoms. The number of rotatable bonds is 1. The van der Waals surface area contributed by atoms with Gasteiger partial charge in [0.15, 0.2) is 0 Å². The molecule has 3 heteroatoms. The summed E-state index contributed by atoms with van der Waals surface area (Å²) in [6, 6.07) is 5.39. The van der Waals surface area contributed by atoms with Crippen molar-refractivity contribution < 1.29 is 5.11 Å². The molecule has 1 nitrogen and oxygen atoms in total. The molecule has 0 saturated carbocycles. The number of aliphatic hydroxyl groups excluding tert-OH is 1. The molecule has 0 amide bonds. The molecule has 1 aliphatic carbocycles. The van der Waals surface area contributed by atoms with Crippen molar-refractivity contribution in [3.8, 4) is 0 Å². The molecule has 0 aromatic heterocycles. The minimum atomic E-state index is -0.333. The molecule has 1 N–H and O–H groups in total. The fourth-order valence-corrected chi connectivity index (χ4v) is 2.08. The van der Waals surface area contributed by atoms with Crippen molar-refractivity contribution in [3.05, 3.63) is 39.9 Å². The molecule has 0 heterocycles. The van der Waals surface area contributed by atoms with Crippen LogP contribution < -0.4 is 0 Å². The van der Waals surface area contributed by atoms with Gasteiger partial charge < -0.3 is 5.11 Å². The van der Waals surface area contributed by atoms with E-state index in [-0.39, 0.29) is 6.10 Å². The lowest BCUT2D eigenvalue weighted by Gasteiger charge is -2.04. The van der Waals surface area contributed by atoms with E-state index in [1.165, 1.54) is 0 Å². The third-order valence-corrected chi connectivity index (χ3v) is 2.94. The van der Waals surface area contributed by atoms with E-state index < -0.39 is 0 Å². The smallest absolute Gasteiger partial charge is 0.0730 e. The molecule has 0 fully saturated rings. The lowest BCUT2D eigenvalue weighted by molar-refractivity contribution is 0.223. The van der Waals surface area contributed by atoms with Gasteiger partial charge in [-0.05, 0) is 42.2 Å². The summed E-state index contributed by atoms with van der Waals surface area (Å²) in [4.78, 5) is 0. The first kappa shape index (κ1) is 10.0. The Morgan fingerprint density at radius 2 is 2.07 bits per heavy atom. The van der Waals surface area contributed by atoms with Gasteiger partial charge >= 0.3 is 0 Å². The normalized spacial score (nSPS) is 21.1. The van der Waals surface area contributed by atoms with E-state index >= 15 is 0 Å². The van der Waals surface area contributed by atoms with Crippen molar-refractivity contribution in [2.75, 3.05) is 0 Å². The SMILES string of the molecule is OC1C=C(c2cc(Cl)ccc2Cl)CC1. The van der Waals surface area contributed by atoms with E-state index in [0.717, 1.165) is 24.0 Å². The number of hydrogen-bond donors (Lipinski definition) is 1. The van der Waals surface area contributed by atoms with E-state index in [1.807, 2.05) is 12.1 Å². The van der Waals surface area contributed by atoms with Gasteiger partial charge in [-0.15, -0.1) is 0 Å². The number of allylic oxidation sites excluding steroid dienone is 1. The Morgan fingerprint density at radius 3 is 2.71 bits per heavy atom. The van der Waals surface area contributed by atoms with Crippen LogP contribution in [0.1, 0.15) is 18.4 Å². The highest BCUT2D eigenvalue weighted by Gasteiger charge is 2.16. The maximum atomic E-state index is 9.37. The van der Waals surface area contributed by atoms with Crippen molar-refractivity contribution >= 4 is 28.8 Å². The topological polar surface area (TPSA) is 20.2 Å². The summed E-state index contributed by atoms with van der Waals surface area (Å²) in [5, 5.41) is 10.7. The Hall–Kier alpha value is -0.500. The van der Waals surface area contributed by atoms with Crippen LogP contribution in [0.2, 0.25) is 10.0 Å². The van der Waals surface area contributed by atoms with Crippen LogP contribution in [0, 0.1) is 0 Å². The standard InChI is InChI=1S/C11H10Cl2O/c12-8-2-4-11(13)10(6-8)7-1-3-9(14)5-7/h2,4-6,9,14H,1,3H2. The van der Waals surface area contributed by atoms with Crippen LogP contribution in [-0.2, 0) is 0 Å². The van der Waals surface area contributed by atoms with Crippen LogP contribution in [0.4, 0.5) is 0 Å². The molecule has 0 saturated heterocycles. The Kier molecular flexibility index (Phi) is 2.82. The summed E-state index contributed by atoms with van der Waals surface area (Å²) in [6.45, 7) is 0. The zero-order valence-corrected chi connectivity index (χ0v) is 9.02. The predicted octanol–water partition coefficient (Wildman–Crippen LogP) is 3.53. The number of halogens is 2. The van der Waals surface area contributed by atoms with Gasteiger partial charge in [0.05, 0.1) is 6.10 Å². The van der Waals surface area contributed by atoms with E-state index in [0.29, 0.717) is 10.0 Å². The average molecular weight is 229 g/mol. The van der Waals surface area contributed by atoms with Crippen LogP contribution in [0.5, 0.6) is 0 Å². The van der Waals surface area contributed by atoms with Crippen LogP contribution >= 0.6 is 23.2 Å². The highest BCUT2D eigenvalue weighted by molar-refractivity contribution is 6.34. The van der Waals surface area contributed by atoms with Crippen LogP contribution in [-0.4, -0.2) is 11.2 Å². The number of benzene rings is 1. The van der Waals surface area contributed by atoms with Gasteiger partial charge in [-0.3, -0.25) is 0 Å². The lowest BCUT2D eigenvalue weighted by Crippen LogP contribution is -1.93. The molecule has 1 aromatic rings. The molecule has 0 aliphatic heterocycles. The first-order valence-electron chi connectivity index (χ1n) is 4.51. The highest BCUT2D eigenvalue weighted by atomic mass is 35.5. The summed E-state index contributed by atoms with van der Waals surface area (Å²) < 4.78 is 0. The molecule has 1 aromatic carbocycles. The van der Waals surface area contributed by atoms with E-state index in [4.69, 9.17) is 23.2 Å². The van der Waals surface area contributed by atoms with Gasteiger partial charge in [0.25, 0.3) is 0 Å². The second kappa shape index (κ2) is 3.93. The summed E-state index contributed by atoms with van der Waals surface area (Å²) in [5.74, 6) is 0. The predicted molar refractivity (Wildman–Crippen MR) is 59.7 cm³/mol. The fourth-order valence-electron chi connectivity index (χ4n) is 1.67. The van der Waals surface area contributed by atoms with Gasteiger partial charge in [0, 0.05) is 10.0 Å². The van der Waals surface area contributed by atoms with Gasteiger partial charge in [-0.1, -0.05) is 29.3 Å². The Labute approximate surface area is 93.0 Å². The summed E-state index contributed by atoms with van der Waals surface area (Å²) in [6.07, 6.45) is 3.15. The summed E-state index contributed by atoms with van der Waals surface area (Å²) in [7, 11) is 0. The molecule has 0 spiro atoms. The van der Waals surface area contributed by atoms with Crippen molar-refractivity contribution in [2.24, 2.45) is 0 Å². The molecule has 0 bridgehead atoms. The zero-order valence-electron chi connectivity index (χ0n) is 7.50. The van der Waals surface area contributed by atoms with Gasteiger partial charge in [0.2, 0.25) is 0 Å². The van der Waals surface area contributed by atoms with Crippen LogP contribution in [0.3, 0.4) is 0 Å². The van der Waals surface area contributed by atoms with E-state index in [9.17, 15) is 5.11 Å². The van der Waals surface area contributed by atoms with Gasteiger partial charge in [0.1, 0.15) is 0 Å². The minimum absolute atomic E-state index is 0.333. The zero-order chi connectivity index (χ0) is 10.1. The first-order valence-corrected chi connectivity index (χ1v) is 5.26. The van der Waals surface area contributed by atoms with Crippen LogP contribution in [0.15, 0.2) is 24.3 Å². The van der Waals surface area contributed by atoms with Gasteiger partial charge in [-0.2, -0.15) is 0 Å². The largest absolute Gasteiger partial charge is 0.389 e. The summed E-state index contributed by atoms with van der Waals surface area (Å²) in [5.41, 5.74) is 2.03. The van der Waals surface area contributed by atoms with E-state index in [1.54, 1.807) is 12.1 Å².